The van der Waals surface area contributed by atoms with Gasteiger partial charge in [0.25, 0.3) is 0 Å². The van der Waals surface area contributed by atoms with Gasteiger partial charge in [-0.1, -0.05) is 33.6 Å². The van der Waals surface area contributed by atoms with Gasteiger partial charge in [-0.15, -0.1) is 0 Å². The Labute approximate surface area is 117 Å². The van der Waals surface area contributed by atoms with Crippen molar-refractivity contribution in [2.75, 3.05) is 0 Å². The summed E-state index contributed by atoms with van der Waals surface area (Å²) < 4.78 is 0. The van der Waals surface area contributed by atoms with E-state index in [0.29, 0.717) is 16.6 Å². The lowest BCUT2D eigenvalue weighted by atomic mass is 9.70. The van der Waals surface area contributed by atoms with Crippen LogP contribution in [-0.4, -0.2) is 10.5 Å². The number of rotatable bonds is 2. The van der Waals surface area contributed by atoms with Gasteiger partial charge >= 0.3 is 0 Å². The van der Waals surface area contributed by atoms with Gasteiger partial charge in [-0.25, -0.2) is 0 Å². The van der Waals surface area contributed by atoms with Crippen LogP contribution in [0.25, 0.3) is 0 Å². The van der Waals surface area contributed by atoms with E-state index in [1.54, 1.807) is 0 Å². The molecule has 0 amide bonds. The lowest BCUT2D eigenvalue weighted by Gasteiger charge is -2.40. The molecule has 0 saturated heterocycles. The van der Waals surface area contributed by atoms with E-state index in [1.165, 1.54) is 38.5 Å². The van der Waals surface area contributed by atoms with Crippen LogP contribution in [0, 0.1) is 28.6 Å². The van der Waals surface area contributed by atoms with Crippen molar-refractivity contribution in [2.24, 2.45) is 17.3 Å². The Hall–Kier alpha value is -0.160. The monoisotopic (exact) mass is 265 g/mol. The molecule has 2 fully saturated rings. The molecular formula is C16H27NS. The Morgan fingerprint density at radius 3 is 2.28 bits per heavy atom. The molecule has 2 rings (SSSR count). The summed E-state index contributed by atoms with van der Waals surface area (Å²) in [4.78, 5) is 0. The first-order valence-electron chi connectivity index (χ1n) is 7.56. The Morgan fingerprint density at radius 2 is 1.72 bits per heavy atom. The summed E-state index contributed by atoms with van der Waals surface area (Å²) in [6.07, 6.45) is 9.24. The van der Waals surface area contributed by atoms with Crippen molar-refractivity contribution in [3.63, 3.8) is 0 Å². The van der Waals surface area contributed by atoms with E-state index < -0.39 is 0 Å². The minimum Gasteiger partial charge on any atom is -0.198 e. The van der Waals surface area contributed by atoms with Gasteiger partial charge in [-0.2, -0.15) is 17.0 Å². The summed E-state index contributed by atoms with van der Waals surface area (Å²) in [5.74, 6) is 1.12. The maximum atomic E-state index is 9.36. The highest BCUT2D eigenvalue weighted by molar-refractivity contribution is 8.00. The number of hydrogen-bond donors (Lipinski definition) is 0. The minimum atomic E-state index is 0.314. The highest BCUT2D eigenvalue weighted by atomic mass is 32.2. The van der Waals surface area contributed by atoms with Gasteiger partial charge in [0.05, 0.1) is 12.0 Å². The molecule has 0 N–H and O–H groups in total. The van der Waals surface area contributed by atoms with Crippen molar-refractivity contribution in [3.8, 4) is 6.07 Å². The molecule has 0 aromatic rings. The molecule has 0 bridgehead atoms. The van der Waals surface area contributed by atoms with Gasteiger partial charge in [0.15, 0.2) is 0 Å². The molecule has 2 heteroatoms. The highest BCUT2D eigenvalue weighted by Crippen LogP contribution is 2.46. The third-order valence-corrected chi connectivity index (χ3v) is 6.58. The standard InChI is InChI=1S/C16H27NS/c1-16(2,3)13-9-8-12(11-17)15(10-13)18-14-6-4-5-7-14/h12-15H,4-10H2,1-3H3. The van der Waals surface area contributed by atoms with Crippen LogP contribution < -0.4 is 0 Å². The first-order chi connectivity index (χ1) is 8.50. The van der Waals surface area contributed by atoms with E-state index in [4.69, 9.17) is 0 Å². The average molecular weight is 265 g/mol. The maximum Gasteiger partial charge on any atom is 0.0667 e. The fourth-order valence-corrected chi connectivity index (χ4v) is 5.32. The second-order valence-electron chi connectivity index (χ2n) is 7.19. The zero-order valence-corrected chi connectivity index (χ0v) is 12.9. The predicted molar refractivity (Wildman–Crippen MR) is 79.5 cm³/mol. The van der Waals surface area contributed by atoms with Gasteiger partial charge < -0.3 is 0 Å². The molecule has 18 heavy (non-hydrogen) atoms. The third kappa shape index (κ3) is 3.44. The van der Waals surface area contributed by atoms with Crippen molar-refractivity contribution in [1.82, 2.24) is 0 Å². The number of thioether (sulfide) groups is 1. The highest BCUT2D eigenvalue weighted by Gasteiger charge is 2.37. The summed E-state index contributed by atoms with van der Waals surface area (Å²) in [7, 11) is 0. The van der Waals surface area contributed by atoms with Crippen LogP contribution in [0.3, 0.4) is 0 Å². The molecular weight excluding hydrogens is 238 g/mol. The molecule has 102 valence electrons. The van der Waals surface area contributed by atoms with Crippen LogP contribution in [0.2, 0.25) is 0 Å². The average Bonchev–Trinajstić information content (AvgIpc) is 2.80. The van der Waals surface area contributed by atoms with Crippen molar-refractivity contribution in [1.29, 1.82) is 5.26 Å². The summed E-state index contributed by atoms with van der Waals surface area (Å²) >= 11 is 2.16. The number of nitrogens with zero attached hydrogens (tertiary/aromatic N) is 1. The van der Waals surface area contributed by atoms with E-state index in [0.717, 1.165) is 17.6 Å². The van der Waals surface area contributed by atoms with Crippen molar-refractivity contribution >= 4 is 11.8 Å². The van der Waals surface area contributed by atoms with Crippen LogP contribution in [0.15, 0.2) is 0 Å². The topological polar surface area (TPSA) is 23.8 Å². The van der Waals surface area contributed by atoms with Crippen LogP contribution in [0.5, 0.6) is 0 Å². The lowest BCUT2D eigenvalue weighted by molar-refractivity contribution is 0.168. The van der Waals surface area contributed by atoms with Gasteiger partial charge in [0, 0.05) is 10.5 Å². The Morgan fingerprint density at radius 1 is 1.06 bits per heavy atom. The largest absolute Gasteiger partial charge is 0.198 e. The van der Waals surface area contributed by atoms with Crippen LogP contribution in [0.1, 0.15) is 65.7 Å². The van der Waals surface area contributed by atoms with E-state index in [-0.39, 0.29) is 0 Å². The molecule has 0 aromatic heterocycles. The van der Waals surface area contributed by atoms with Crippen molar-refractivity contribution < 1.29 is 0 Å². The third-order valence-electron chi connectivity index (χ3n) is 4.85. The van der Waals surface area contributed by atoms with E-state index in [2.05, 4.69) is 38.6 Å². The summed E-state index contributed by atoms with van der Waals surface area (Å²) in [6, 6.07) is 2.58. The van der Waals surface area contributed by atoms with Gasteiger partial charge in [0.2, 0.25) is 0 Å². The zero-order valence-electron chi connectivity index (χ0n) is 12.1. The van der Waals surface area contributed by atoms with Crippen molar-refractivity contribution in [2.45, 2.75) is 76.2 Å². The smallest absolute Gasteiger partial charge is 0.0667 e. The zero-order chi connectivity index (χ0) is 13.2. The van der Waals surface area contributed by atoms with E-state index >= 15 is 0 Å². The SMILES string of the molecule is CC(C)(C)C1CCC(C#N)C(SC2CCCC2)C1. The first kappa shape index (κ1) is 14.3. The molecule has 3 unspecified atom stereocenters. The Bertz CT molecular complexity index is 306. The molecule has 2 saturated carbocycles. The van der Waals surface area contributed by atoms with E-state index in [1.807, 2.05) is 0 Å². The molecule has 0 heterocycles. The molecule has 0 aliphatic heterocycles. The van der Waals surface area contributed by atoms with Gasteiger partial charge in [-0.05, 0) is 43.4 Å². The summed E-state index contributed by atoms with van der Waals surface area (Å²) in [5, 5.41) is 10.8. The van der Waals surface area contributed by atoms with Crippen LogP contribution in [-0.2, 0) is 0 Å². The minimum absolute atomic E-state index is 0.314. The molecule has 1 nitrogen and oxygen atoms in total. The van der Waals surface area contributed by atoms with Crippen molar-refractivity contribution in [3.05, 3.63) is 0 Å². The van der Waals surface area contributed by atoms with E-state index in [9.17, 15) is 5.26 Å². The Balaban J connectivity index is 1.97. The van der Waals surface area contributed by atoms with Crippen LogP contribution in [0.4, 0.5) is 0 Å². The fraction of sp³-hybridized carbons (Fsp3) is 0.938. The summed E-state index contributed by atoms with van der Waals surface area (Å²) in [5.41, 5.74) is 0.412. The maximum absolute atomic E-state index is 9.36. The number of hydrogen-bond acceptors (Lipinski definition) is 2. The summed E-state index contributed by atoms with van der Waals surface area (Å²) in [6.45, 7) is 7.09. The van der Waals surface area contributed by atoms with Crippen LogP contribution >= 0.6 is 11.8 Å². The van der Waals surface area contributed by atoms with Gasteiger partial charge in [0.1, 0.15) is 0 Å². The second-order valence-corrected chi connectivity index (χ2v) is 8.74. The predicted octanol–water partition coefficient (Wildman–Crippen LogP) is 5.02. The number of nitriles is 1. The molecule has 0 aromatic carbocycles. The quantitative estimate of drug-likeness (QED) is 0.700. The molecule has 0 spiro atoms. The molecule has 0 radical (unpaired) electrons. The fourth-order valence-electron chi connectivity index (χ4n) is 3.49. The molecule has 3 atom stereocenters. The lowest BCUT2D eigenvalue weighted by Crippen LogP contribution is -2.33. The normalized spacial score (nSPS) is 34.4. The Kier molecular flexibility index (Phi) is 4.64. The molecule has 2 aliphatic carbocycles. The second kappa shape index (κ2) is 5.87. The first-order valence-corrected chi connectivity index (χ1v) is 8.50. The van der Waals surface area contributed by atoms with Gasteiger partial charge in [-0.3, -0.25) is 0 Å². The molecule has 2 aliphatic rings.